The van der Waals surface area contributed by atoms with E-state index in [0.29, 0.717) is 12.0 Å². The van der Waals surface area contributed by atoms with Gasteiger partial charge in [-0.05, 0) is 18.1 Å². The van der Waals surface area contributed by atoms with Crippen molar-refractivity contribution in [3.8, 4) is 0 Å². The minimum absolute atomic E-state index is 0.254. The van der Waals surface area contributed by atoms with E-state index in [4.69, 9.17) is 4.42 Å². The Morgan fingerprint density at radius 2 is 2.12 bits per heavy atom. The quantitative estimate of drug-likeness (QED) is 0.599. The van der Waals surface area contributed by atoms with Crippen molar-refractivity contribution in [1.29, 1.82) is 0 Å². The van der Waals surface area contributed by atoms with Gasteiger partial charge < -0.3 is 9.15 Å². The summed E-state index contributed by atoms with van der Waals surface area (Å²) < 4.78 is 9.64. The molecule has 0 N–H and O–H groups in total. The summed E-state index contributed by atoms with van der Waals surface area (Å²) >= 11 is 0. The summed E-state index contributed by atoms with van der Waals surface area (Å²) in [5.74, 6) is -0.290. The lowest BCUT2D eigenvalue weighted by atomic mass is 10.1. The van der Waals surface area contributed by atoms with Gasteiger partial charge in [0.15, 0.2) is 0 Å². The third-order valence-electron chi connectivity index (χ3n) is 2.56. The van der Waals surface area contributed by atoms with Crippen molar-refractivity contribution in [3.63, 3.8) is 0 Å². The molecule has 17 heavy (non-hydrogen) atoms. The van der Waals surface area contributed by atoms with Gasteiger partial charge in [-0.1, -0.05) is 18.2 Å². The van der Waals surface area contributed by atoms with E-state index in [0.717, 1.165) is 10.9 Å². The molecule has 0 atom stereocenters. The Hall–Kier alpha value is -2.10. The molecule has 0 fully saturated rings. The average molecular weight is 232 g/mol. The normalized spacial score (nSPS) is 10.4. The molecule has 2 aromatic rings. The number of ether oxygens (including phenoxy) is 1. The van der Waals surface area contributed by atoms with Crippen molar-refractivity contribution in [2.45, 2.75) is 12.8 Å². The molecule has 2 rings (SSSR count). The number of rotatable bonds is 3. The maximum atomic E-state index is 11.3. The summed E-state index contributed by atoms with van der Waals surface area (Å²) in [5, 5.41) is 0.857. The molecule has 4 heteroatoms. The van der Waals surface area contributed by atoms with Crippen LogP contribution in [0.1, 0.15) is 12.0 Å². The third-order valence-corrected chi connectivity index (χ3v) is 2.56. The summed E-state index contributed by atoms with van der Waals surface area (Å²) in [6.45, 7) is 0. The summed E-state index contributed by atoms with van der Waals surface area (Å²) in [7, 11) is 1.35. The topological polar surface area (TPSA) is 56.5 Å². The minimum Gasteiger partial charge on any atom is -0.469 e. The molecule has 0 radical (unpaired) electrons. The second kappa shape index (κ2) is 4.82. The lowest BCUT2D eigenvalue weighted by molar-refractivity contribution is -0.140. The van der Waals surface area contributed by atoms with Crippen LogP contribution in [0.15, 0.2) is 39.5 Å². The van der Waals surface area contributed by atoms with Crippen LogP contribution in [0.5, 0.6) is 0 Å². The van der Waals surface area contributed by atoms with Crippen molar-refractivity contribution in [2.24, 2.45) is 0 Å². The van der Waals surface area contributed by atoms with Gasteiger partial charge in [0, 0.05) is 17.9 Å². The molecule has 0 bridgehead atoms. The van der Waals surface area contributed by atoms with Gasteiger partial charge in [-0.3, -0.25) is 4.79 Å². The fourth-order valence-corrected chi connectivity index (χ4v) is 1.72. The van der Waals surface area contributed by atoms with Crippen LogP contribution < -0.4 is 5.63 Å². The smallest absolute Gasteiger partial charge is 0.336 e. The Kier molecular flexibility index (Phi) is 3.23. The molecule has 0 spiro atoms. The number of fused-ring (bicyclic) bond motifs is 1. The maximum Gasteiger partial charge on any atom is 0.336 e. The Balaban J connectivity index is 2.39. The van der Waals surface area contributed by atoms with E-state index >= 15 is 0 Å². The van der Waals surface area contributed by atoms with Crippen LogP contribution in [0.3, 0.4) is 0 Å². The molecular formula is C13H12O4. The molecule has 0 saturated heterocycles. The van der Waals surface area contributed by atoms with Crippen LogP contribution in [0.2, 0.25) is 0 Å². The fraction of sp³-hybridized carbons (Fsp3) is 0.231. The summed E-state index contributed by atoms with van der Waals surface area (Å²) in [5.41, 5.74) is 0.950. The van der Waals surface area contributed by atoms with Crippen molar-refractivity contribution < 1.29 is 13.9 Å². The van der Waals surface area contributed by atoms with Crippen LogP contribution in [0.4, 0.5) is 0 Å². The average Bonchev–Trinajstić information content (AvgIpc) is 2.35. The maximum absolute atomic E-state index is 11.3. The molecule has 88 valence electrons. The predicted molar refractivity (Wildman–Crippen MR) is 62.8 cm³/mol. The molecule has 4 nitrogen and oxygen atoms in total. The highest BCUT2D eigenvalue weighted by atomic mass is 16.5. The molecule has 0 aliphatic heterocycles. The summed E-state index contributed by atoms with van der Waals surface area (Å²) in [6, 6.07) is 8.69. The first-order chi connectivity index (χ1) is 8.20. The highest BCUT2D eigenvalue weighted by Gasteiger charge is 2.07. The van der Waals surface area contributed by atoms with E-state index in [-0.39, 0.29) is 12.4 Å². The molecule has 0 aliphatic rings. The lowest BCUT2D eigenvalue weighted by Gasteiger charge is -2.04. The third kappa shape index (κ3) is 2.53. The highest BCUT2D eigenvalue weighted by molar-refractivity contribution is 5.80. The summed E-state index contributed by atoms with van der Waals surface area (Å²) in [4.78, 5) is 22.4. The first kappa shape index (κ1) is 11.4. The fourth-order valence-electron chi connectivity index (χ4n) is 1.72. The second-order valence-electron chi connectivity index (χ2n) is 3.66. The van der Waals surface area contributed by atoms with Crippen LogP contribution >= 0.6 is 0 Å². The van der Waals surface area contributed by atoms with Gasteiger partial charge in [-0.15, -0.1) is 0 Å². The number of benzene rings is 1. The Morgan fingerprint density at radius 1 is 1.35 bits per heavy atom. The van der Waals surface area contributed by atoms with E-state index in [1.807, 2.05) is 12.1 Å². The zero-order chi connectivity index (χ0) is 12.3. The lowest BCUT2D eigenvalue weighted by Crippen LogP contribution is -2.05. The number of para-hydroxylation sites is 1. The van der Waals surface area contributed by atoms with Gasteiger partial charge in [0.05, 0.1) is 7.11 Å². The standard InChI is InChI=1S/C13H12O4/c1-16-12(14)7-6-9-8-13(15)17-11-5-3-2-4-10(9)11/h2-5,8H,6-7H2,1H3. The van der Waals surface area contributed by atoms with Crippen molar-refractivity contribution in [3.05, 3.63) is 46.3 Å². The van der Waals surface area contributed by atoms with Crippen LogP contribution in [0, 0.1) is 0 Å². The number of carbonyl (C=O) groups excluding carboxylic acids is 1. The van der Waals surface area contributed by atoms with E-state index in [1.54, 1.807) is 12.1 Å². The predicted octanol–water partition coefficient (Wildman–Crippen LogP) is 1.90. The number of esters is 1. The van der Waals surface area contributed by atoms with E-state index in [1.165, 1.54) is 13.2 Å². The number of hydrogen-bond acceptors (Lipinski definition) is 4. The first-order valence-electron chi connectivity index (χ1n) is 5.29. The van der Waals surface area contributed by atoms with Gasteiger partial charge in [0.25, 0.3) is 0 Å². The van der Waals surface area contributed by atoms with Crippen LogP contribution in [-0.2, 0) is 16.0 Å². The first-order valence-corrected chi connectivity index (χ1v) is 5.29. The van der Waals surface area contributed by atoms with Crippen LogP contribution in [0.25, 0.3) is 11.0 Å². The minimum atomic E-state index is -0.399. The molecule has 0 amide bonds. The van der Waals surface area contributed by atoms with Crippen LogP contribution in [-0.4, -0.2) is 13.1 Å². The van der Waals surface area contributed by atoms with Crippen molar-refractivity contribution in [1.82, 2.24) is 0 Å². The Morgan fingerprint density at radius 3 is 2.88 bits per heavy atom. The van der Waals surface area contributed by atoms with Gasteiger partial charge in [-0.2, -0.15) is 0 Å². The van der Waals surface area contributed by atoms with Gasteiger partial charge in [-0.25, -0.2) is 4.79 Å². The van der Waals surface area contributed by atoms with Gasteiger partial charge in [0.2, 0.25) is 0 Å². The van der Waals surface area contributed by atoms with E-state index < -0.39 is 5.63 Å². The number of carbonyl (C=O) groups is 1. The number of aryl methyl sites for hydroxylation is 1. The molecule has 0 aliphatic carbocycles. The van der Waals surface area contributed by atoms with Gasteiger partial charge >= 0.3 is 11.6 Å². The van der Waals surface area contributed by atoms with Crippen molar-refractivity contribution >= 4 is 16.9 Å². The number of hydrogen-bond donors (Lipinski definition) is 0. The highest BCUT2D eigenvalue weighted by Crippen LogP contribution is 2.17. The zero-order valence-electron chi connectivity index (χ0n) is 9.43. The SMILES string of the molecule is COC(=O)CCc1cc(=O)oc2ccccc12. The van der Waals surface area contributed by atoms with E-state index in [2.05, 4.69) is 4.74 Å². The number of methoxy groups -OCH3 is 1. The zero-order valence-corrected chi connectivity index (χ0v) is 9.43. The van der Waals surface area contributed by atoms with Gasteiger partial charge in [0.1, 0.15) is 5.58 Å². The molecule has 1 aromatic carbocycles. The molecule has 1 aromatic heterocycles. The molecule has 0 unspecified atom stereocenters. The Bertz CT molecular complexity index is 598. The summed E-state index contributed by atoms with van der Waals surface area (Å²) in [6.07, 6.45) is 0.725. The largest absolute Gasteiger partial charge is 0.469 e. The van der Waals surface area contributed by atoms with Crippen molar-refractivity contribution in [2.75, 3.05) is 7.11 Å². The Labute approximate surface area is 97.8 Å². The monoisotopic (exact) mass is 232 g/mol. The molecule has 0 saturated carbocycles. The van der Waals surface area contributed by atoms with E-state index in [9.17, 15) is 9.59 Å². The molecular weight excluding hydrogens is 220 g/mol. The second-order valence-corrected chi connectivity index (χ2v) is 3.66. The molecule has 1 heterocycles.